The molecule has 1 atom stereocenters. The van der Waals surface area contributed by atoms with Crippen molar-refractivity contribution in [3.05, 3.63) is 28.2 Å². The summed E-state index contributed by atoms with van der Waals surface area (Å²) >= 11 is 3.26. The lowest BCUT2D eigenvalue weighted by atomic mass is 10.1. The topological polar surface area (TPSA) is 84.2 Å². The Morgan fingerprint density at radius 2 is 2.11 bits per heavy atom. The van der Waals surface area contributed by atoms with Gasteiger partial charge in [-0.3, -0.25) is 9.59 Å². The summed E-state index contributed by atoms with van der Waals surface area (Å²) in [5.74, 6) is -0.515. The predicted octanol–water partition coefficient (Wildman–Crippen LogP) is 1.68. The highest BCUT2D eigenvalue weighted by molar-refractivity contribution is 9.10. The summed E-state index contributed by atoms with van der Waals surface area (Å²) in [7, 11) is 0. The molecule has 0 radical (unpaired) electrons. The number of hydrogen-bond acceptors (Lipinski definition) is 3. The van der Waals surface area contributed by atoms with Crippen molar-refractivity contribution in [3.63, 3.8) is 0 Å². The van der Waals surface area contributed by atoms with Gasteiger partial charge < -0.3 is 16.4 Å². The molecule has 0 spiro atoms. The Balaban J connectivity index is 2.63. The number of carbonyl (C=O) groups is 2. The number of halogens is 1. The molecule has 2 amide bonds. The van der Waals surface area contributed by atoms with E-state index in [0.717, 1.165) is 10.9 Å². The Labute approximate surface area is 121 Å². The molecule has 5 nitrogen and oxygen atoms in total. The molecule has 0 saturated carbocycles. The maximum Gasteiger partial charge on any atom is 0.251 e. The summed E-state index contributed by atoms with van der Waals surface area (Å²) in [6.45, 7) is 4.21. The van der Waals surface area contributed by atoms with Crippen molar-refractivity contribution < 1.29 is 9.59 Å². The molecule has 19 heavy (non-hydrogen) atoms. The third-order valence-corrected chi connectivity index (χ3v) is 3.27. The van der Waals surface area contributed by atoms with Gasteiger partial charge in [0.05, 0.1) is 0 Å². The van der Waals surface area contributed by atoms with Crippen LogP contribution in [0.3, 0.4) is 0 Å². The van der Waals surface area contributed by atoms with Gasteiger partial charge in [-0.05, 0) is 47.5 Å². The average molecular weight is 328 g/mol. The van der Waals surface area contributed by atoms with Crippen LogP contribution in [-0.4, -0.2) is 24.4 Å². The van der Waals surface area contributed by atoms with Crippen molar-refractivity contribution in [2.24, 2.45) is 0 Å². The Kier molecular flexibility index (Phi) is 5.82. The molecule has 1 rings (SSSR count). The number of hydrogen-bond donors (Lipinski definition) is 3. The Bertz CT molecular complexity index is 477. The van der Waals surface area contributed by atoms with Gasteiger partial charge in [0.15, 0.2) is 0 Å². The minimum atomic E-state index is -0.580. The van der Waals surface area contributed by atoms with Crippen molar-refractivity contribution in [1.29, 1.82) is 0 Å². The quantitative estimate of drug-likeness (QED) is 0.719. The van der Waals surface area contributed by atoms with Crippen LogP contribution in [-0.2, 0) is 4.79 Å². The van der Waals surface area contributed by atoms with Gasteiger partial charge in [-0.2, -0.15) is 0 Å². The van der Waals surface area contributed by atoms with Gasteiger partial charge >= 0.3 is 0 Å². The number of amides is 2. The monoisotopic (exact) mass is 327 g/mol. The zero-order chi connectivity index (χ0) is 14.4. The summed E-state index contributed by atoms with van der Waals surface area (Å²) in [5, 5.41) is 5.35. The molecule has 6 heteroatoms. The summed E-state index contributed by atoms with van der Waals surface area (Å²) in [4.78, 5) is 23.6. The summed E-state index contributed by atoms with van der Waals surface area (Å²) < 4.78 is 0.734. The molecule has 1 aromatic rings. The van der Waals surface area contributed by atoms with Crippen LogP contribution in [0.1, 0.15) is 30.6 Å². The van der Waals surface area contributed by atoms with Crippen molar-refractivity contribution in [2.75, 3.05) is 12.3 Å². The largest absolute Gasteiger partial charge is 0.398 e. The zero-order valence-corrected chi connectivity index (χ0v) is 12.6. The highest BCUT2D eigenvalue weighted by atomic mass is 79.9. The SMILES string of the molecule is CCCNC(=O)C(C)NC(=O)c1ccc(Br)c(N)c1. The number of benzene rings is 1. The maximum absolute atomic E-state index is 11.9. The second-order valence-electron chi connectivity index (χ2n) is 4.22. The van der Waals surface area contributed by atoms with E-state index in [4.69, 9.17) is 5.73 Å². The fourth-order valence-corrected chi connectivity index (χ4v) is 1.68. The predicted molar refractivity (Wildman–Crippen MR) is 78.8 cm³/mol. The molecule has 0 aliphatic carbocycles. The van der Waals surface area contributed by atoms with E-state index in [2.05, 4.69) is 26.6 Å². The standard InChI is InChI=1S/C13H18BrN3O2/c1-3-6-16-12(18)8(2)17-13(19)9-4-5-10(14)11(15)7-9/h4-5,7-8H,3,6,15H2,1-2H3,(H,16,18)(H,17,19). The normalized spacial score (nSPS) is 11.7. The number of nitrogens with two attached hydrogens (primary N) is 1. The lowest BCUT2D eigenvalue weighted by molar-refractivity contribution is -0.122. The molecule has 0 saturated heterocycles. The van der Waals surface area contributed by atoms with Crippen molar-refractivity contribution in [3.8, 4) is 0 Å². The highest BCUT2D eigenvalue weighted by Gasteiger charge is 2.16. The van der Waals surface area contributed by atoms with E-state index in [0.29, 0.717) is 17.8 Å². The lowest BCUT2D eigenvalue weighted by Crippen LogP contribution is -2.45. The lowest BCUT2D eigenvalue weighted by Gasteiger charge is -2.14. The van der Waals surface area contributed by atoms with Crippen LogP contribution >= 0.6 is 15.9 Å². The first-order valence-electron chi connectivity index (χ1n) is 6.09. The van der Waals surface area contributed by atoms with Gasteiger partial charge in [-0.15, -0.1) is 0 Å². The minimum Gasteiger partial charge on any atom is -0.398 e. The molecule has 0 heterocycles. The molecule has 0 bridgehead atoms. The van der Waals surface area contributed by atoms with E-state index < -0.39 is 6.04 Å². The third-order valence-electron chi connectivity index (χ3n) is 2.55. The Morgan fingerprint density at radius 3 is 2.68 bits per heavy atom. The number of carbonyl (C=O) groups excluding carboxylic acids is 2. The average Bonchev–Trinajstić information content (AvgIpc) is 2.38. The molecule has 1 unspecified atom stereocenters. The second kappa shape index (κ2) is 7.13. The molecular weight excluding hydrogens is 310 g/mol. The van der Waals surface area contributed by atoms with Gasteiger partial charge in [0.2, 0.25) is 5.91 Å². The van der Waals surface area contributed by atoms with Crippen LogP contribution in [0.15, 0.2) is 22.7 Å². The Morgan fingerprint density at radius 1 is 1.42 bits per heavy atom. The van der Waals surface area contributed by atoms with E-state index in [-0.39, 0.29) is 11.8 Å². The minimum absolute atomic E-state index is 0.194. The summed E-state index contributed by atoms with van der Waals surface area (Å²) in [6.07, 6.45) is 0.857. The smallest absolute Gasteiger partial charge is 0.251 e. The number of anilines is 1. The van der Waals surface area contributed by atoms with Gasteiger partial charge in [-0.1, -0.05) is 6.92 Å². The van der Waals surface area contributed by atoms with E-state index in [9.17, 15) is 9.59 Å². The number of rotatable bonds is 5. The molecule has 0 aliphatic rings. The first kappa shape index (κ1) is 15.5. The van der Waals surface area contributed by atoms with Crippen LogP contribution in [0.25, 0.3) is 0 Å². The summed E-state index contributed by atoms with van der Waals surface area (Å²) in [5.41, 5.74) is 6.62. The number of nitrogen functional groups attached to an aromatic ring is 1. The van der Waals surface area contributed by atoms with Crippen LogP contribution in [0.5, 0.6) is 0 Å². The molecule has 4 N–H and O–H groups in total. The van der Waals surface area contributed by atoms with Gasteiger partial charge in [-0.25, -0.2) is 0 Å². The molecule has 0 aliphatic heterocycles. The summed E-state index contributed by atoms with van der Waals surface area (Å²) in [6, 6.07) is 4.33. The van der Waals surface area contributed by atoms with Gasteiger partial charge in [0.1, 0.15) is 6.04 Å². The first-order chi connectivity index (χ1) is 8.95. The Hall–Kier alpha value is -1.56. The molecule has 1 aromatic carbocycles. The van der Waals surface area contributed by atoms with Crippen LogP contribution < -0.4 is 16.4 Å². The van der Waals surface area contributed by atoms with Gasteiger partial charge in [0, 0.05) is 22.3 Å². The highest BCUT2D eigenvalue weighted by Crippen LogP contribution is 2.20. The zero-order valence-electron chi connectivity index (χ0n) is 11.0. The van der Waals surface area contributed by atoms with Crippen LogP contribution in [0.2, 0.25) is 0 Å². The third kappa shape index (κ3) is 4.55. The fourth-order valence-electron chi connectivity index (χ4n) is 1.43. The van der Waals surface area contributed by atoms with Crippen molar-refractivity contribution in [1.82, 2.24) is 10.6 Å². The fraction of sp³-hybridized carbons (Fsp3) is 0.385. The number of nitrogens with one attached hydrogen (secondary N) is 2. The molecule has 0 fully saturated rings. The van der Waals surface area contributed by atoms with Crippen LogP contribution in [0.4, 0.5) is 5.69 Å². The van der Waals surface area contributed by atoms with E-state index in [1.165, 1.54) is 0 Å². The van der Waals surface area contributed by atoms with Gasteiger partial charge in [0.25, 0.3) is 5.91 Å². The second-order valence-corrected chi connectivity index (χ2v) is 5.08. The molecular formula is C13H18BrN3O2. The molecule has 0 aromatic heterocycles. The van der Waals surface area contributed by atoms with Crippen molar-refractivity contribution in [2.45, 2.75) is 26.3 Å². The van der Waals surface area contributed by atoms with E-state index >= 15 is 0 Å². The van der Waals surface area contributed by atoms with E-state index in [1.54, 1.807) is 25.1 Å². The van der Waals surface area contributed by atoms with Crippen LogP contribution in [0, 0.1) is 0 Å². The molecule has 104 valence electrons. The maximum atomic E-state index is 11.9. The van der Waals surface area contributed by atoms with E-state index in [1.807, 2.05) is 6.92 Å². The van der Waals surface area contributed by atoms with Crippen molar-refractivity contribution >= 4 is 33.4 Å². The first-order valence-corrected chi connectivity index (χ1v) is 6.88.